The molecule has 1 N–H and O–H groups in total. The van der Waals surface area contributed by atoms with E-state index in [9.17, 15) is 18.0 Å². The fraction of sp³-hybridized carbons (Fsp3) is 0.375. The zero-order valence-electron chi connectivity index (χ0n) is 24.0. The van der Waals surface area contributed by atoms with Crippen molar-refractivity contribution >= 4 is 27.5 Å². The van der Waals surface area contributed by atoms with Gasteiger partial charge in [-0.2, -0.15) is 0 Å². The van der Waals surface area contributed by atoms with Gasteiger partial charge in [0.2, 0.25) is 11.8 Å². The van der Waals surface area contributed by atoms with Gasteiger partial charge in [0.1, 0.15) is 18.3 Å². The molecule has 0 unspecified atom stereocenters. The molecule has 0 aliphatic heterocycles. The number of carbonyl (C=O) groups excluding carboxylic acids is 2. The van der Waals surface area contributed by atoms with Gasteiger partial charge in [-0.25, -0.2) is 8.42 Å². The van der Waals surface area contributed by atoms with E-state index >= 15 is 0 Å². The molecule has 0 bridgehead atoms. The van der Waals surface area contributed by atoms with E-state index in [0.29, 0.717) is 17.9 Å². The maximum Gasteiger partial charge on any atom is 0.264 e. The van der Waals surface area contributed by atoms with Crippen molar-refractivity contribution < 1.29 is 22.7 Å². The van der Waals surface area contributed by atoms with Gasteiger partial charge in [-0.05, 0) is 68.1 Å². The highest BCUT2D eigenvalue weighted by molar-refractivity contribution is 7.92. The average Bonchev–Trinajstić information content (AvgIpc) is 3.50. The molecule has 0 saturated heterocycles. The number of aryl methyl sites for hydroxylation is 1. The monoisotopic (exact) mass is 577 g/mol. The Balaban J connectivity index is 1.69. The first-order chi connectivity index (χ1) is 19.7. The van der Waals surface area contributed by atoms with Gasteiger partial charge in [0.25, 0.3) is 10.0 Å². The molecular weight excluding hydrogens is 538 g/mol. The predicted molar refractivity (Wildman–Crippen MR) is 160 cm³/mol. The number of benzene rings is 3. The van der Waals surface area contributed by atoms with Crippen molar-refractivity contribution in [3.8, 4) is 5.75 Å². The fourth-order valence-corrected chi connectivity index (χ4v) is 6.61. The summed E-state index contributed by atoms with van der Waals surface area (Å²) in [7, 11) is -2.50. The SMILES string of the molecule is CC[C@@H](C(=O)NC1CCCC1)N(Cc1ccc(OC)cc1)C(=O)CN(c1ccc(C)cc1)S(=O)(=O)c1ccccc1. The Labute approximate surface area is 243 Å². The second-order valence-electron chi connectivity index (χ2n) is 10.4. The maximum absolute atomic E-state index is 14.2. The smallest absolute Gasteiger partial charge is 0.264 e. The third-order valence-corrected chi connectivity index (χ3v) is 9.32. The number of nitrogens with one attached hydrogen (secondary N) is 1. The van der Waals surface area contributed by atoms with Crippen molar-refractivity contribution in [1.29, 1.82) is 0 Å². The number of carbonyl (C=O) groups is 2. The minimum absolute atomic E-state index is 0.0843. The van der Waals surface area contributed by atoms with Gasteiger partial charge in [-0.1, -0.05) is 67.8 Å². The normalized spacial score (nSPS) is 14.3. The molecule has 1 fully saturated rings. The summed E-state index contributed by atoms with van der Waals surface area (Å²) in [4.78, 5) is 29.3. The number of ether oxygens (including phenoxy) is 1. The van der Waals surface area contributed by atoms with Crippen LogP contribution in [0.5, 0.6) is 5.75 Å². The lowest BCUT2D eigenvalue weighted by molar-refractivity contribution is -0.140. The van der Waals surface area contributed by atoms with E-state index in [2.05, 4.69) is 5.32 Å². The summed E-state index contributed by atoms with van der Waals surface area (Å²) < 4.78 is 34.1. The molecule has 8 nitrogen and oxygen atoms in total. The van der Waals surface area contributed by atoms with Crippen molar-refractivity contribution in [2.24, 2.45) is 0 Å². The summed E-state index contributed by atoms with van der Waals surface area (Å²) in [6.07, 6.45) is 4.37. The van der Waals surface area contributed by atoms with Crippen molar-refractivity contribution in [2.75, 3.05) is 18.0 Å². The molecule has 1 aliphatic rings. The highest BCUT2D eigenvalue weighted by Crippen LogP contribution is 2.26. The van der Waals surface area contributed by atoms with Gasteiger partial charge in [-0.15, -0.1) is 0 Å². The number of amides is 2. The van der Waals surface area contributed by atoms with Gasteiger partial charge in [0.15, 0.2) is 0 Å². The van der Waals surface area contributed by atoms with Gasteiger partial charge in [0.05, 0.1) is 17.7 Å². The summed E-state index contributed by atoms with van der Waals surface area (Å²) in [6, 6.07) is 21.7. The number of hydrogen-bond donors (Lipinski definition) is 1. The van der Waals surface area contributed by atoms with Crippen molar-refractivity contribution in [1.82, 2.24) is 10.2 Å². The van der Waals surface area contributed by atoms with Crippen LogP contribution in [0, 0.1) is 6.92 Å². The molecule has 1 saturated carbocycles. The summed E-state index contributed by atoms with van der Waals surface area (Å²) in [6.45, 7) is 3.47. The van der Waals surface area contributed by atoms with E-state index in [1.165, 1.54) is 17.0 Å². The first kappa shape index (κ1) is 30.1. The quantitative estimate of drug-likeness (QED) is 0.325. The topological polar surface area (TPSA) is 96.0 Å². The number of hydrogen-bond acceptors (Lipinski definition) is 5. The third kappa shape index (κ3) is 7.47. The summed E-state index contributed by atoms with van der Waals surface area (Å²) in [5.74, 6) is 0.000491. The van der Waals surface area contributed by atoms with Crippen LogP contribution in [0.25, 0.3) is 0 Å². The summed E-state index contributed by atoms with van der Waals surface area (Å²) >= 11 is 0. The lowest BCUT2D eigenvalue weighted by atomic mass is 10.1. The van der Waals surface area contributed by atoms with Crippen LogP contribution in [0.1, 0.15) is 50.2 Å². The van der Waals surface area contributed by atoms with Gasteiger partial charge in [-0.3, -0.25) is 13.9 Å². The van der Waals surface area contributed by atoms with E-state index in [0.717, 1.165) is 41.1 Å². The molecule has 0 spiro atoms. The van der Waals surface area contributed by atoms with E-state index in [1.54, 1.807) is 49.6 Å². The molecule has 3 aromatic carbocycles. The van der Waals surface area contributed by atoms with Crippen LogP contribution in [-0.2, 0) is 26.2 Å². The van der Waals surface area contributed by atoms with Crippen LogP contribution >= 0.6 is 0 Å². The van der Waals surface area contributed by atoms with Crippen LogP contribution in [0.2, 0.25) is 0 Å². The van der Waals surface area contributed by atoms with Gasteiger partial charge < -0.3 is 15.0 Å². The number of anilines is 1. The second-order valence-corrected chi connectivity index (χ2v) is 12.3. The van der Waals surface area contributed by atoms with Gasteiger partial charge >= 0.3 is 0 Å². The third-order valence-electron chi connectivity index (χ3n) is 7.53. The fourth-order valence-electron chi connectivity index (χ4n) is 5.17. The van der Waals surface area contributed by atoms with Crippen LogP contribution in [0.3, 0.4) is 0 Å². The van der Waals surface area contributed by atoms with Gasteiger partial charge in [0, 0.05) is 12.6 Å². The van der Waals surface area contributed by atoms with Crippen LogP contribution in [0.15, 0.2) is 83.8 Å². The first-order valence-electron chi connectivity index (χ1n) is 14.1. The molecular formula is C32H39N3O5S. The van der Waals surface area contributed by atoms with Crippen LogP contribution in [-0.4, -0.2) is 50.9 Å². The van der Waals surface area contributed by atoms with Crippen molar-refractivity contribution in [3.63, 3.8) is 0 Å². The lowest BCUT2D eigenvalue weighted by Crippen LogP contribution is -2.53. The van der Waals surface area contributed by atoms with Crippen LogP contribution in [0.4, 0.5) is 5.69 Å². The van der Waals surface area contributed by atoms with Crippen LogP contribution < -0.4 is 14.4 Å². The Bertz CT molecular complexity index is 1400. The summed E-state index contributed by atoms with van der Waals surface area (Å²) in [5, 5.41) is 3.13. The lowest BCUT2D eigenvalue weighted by Gasteiger charge is -2.33. The van der Waals surface area contributed by atoms with Crippen molar-refractivity contribution in [3.05, 3.63) is 90.0 Å². The molecule has 0 aromatic heterocycles. The molecule has 4 rings (SSSR count). The predicted octanol–water partition coefficient (Wildman–Crippen LogP) is 5.07. The average molecular weight is 578 g/mol. The zero-order chi connectivity index (χ0) is 29.4. The van der Waals surface area contributed by atoms with E-state index in [1.807, 2.05) is 38.1 Å². The zero-order valence-corrected chi connectivity index (χ0v) is 24.8. The second kappa shape index (κ2) is 13.7. The number of sulfonamides is 1. The minimum atomic E-state index is -4.08. The Morgan fingerprint density at radius 2 is 1.59 bits per heavy atom. The number of methoxy groups -OCH3 is 1. The summed E-state index contributed by atoms with van der Waals surface area (Å²) in [5.41, 5.74) is 2.15. The Morgan fingerprint density at radius 3 is 2.17 bits per heavy atom. The highest BCUT2D eigenvalue weighted by atomic mass is 32.2. The molecule has 0 radical (unpaired) electrons. The first-order valence-corrected chi connectivity index (χ1v) is 15.5. The Kier molecular flexibility index (Phi) is 10.0. The standard InChI is InChI=1S/C32H39N3O5S/c1-4-30(32(37)33-26-10-8-9-11-26)34(22-25-16-20-28(40-3)21-17-25)31(36)23-35(27-18-14-24(2)15-19-27)41(38,39)29-12-6-5-7-13-29/h5-7,12-21,26,30H,4,8-11,22-23H2,1-3H3,(H,33,37)/t30-/m0/s1. The molecule has 1 atom stereocenters. The molecule has 41 heavy (non-hydrogen) atoms. The van der Waals surface area contributed by atoms with E-state index in [-0.39, 0.29) is 23.4 Å². The Hall–Kier alpha value is -3.85. The largest absolute Gasteiger partial charge is 0.497 e. The molecule has 9 heteroatoms. The molecule has 218 valence electrons. The molecule has 0 heterocycles. The molecule has 3 aromatic rings. The van der Waals surface area contributed by atoms with Crippen molar-refractivity contribution in [2.45, 2.75) is 69.5 Å². The van der Waals surface area contributed by atoms with E-state index in [4.69, 9.17) is 4.74 Å². The molecule has 2 amide bonds. The Morgan fingerprint density at radius 1 is 0.951 bits per heavy atom. The van der Waals surface area contributed by atoms with E-state index < -0.39 is 28.5 Å². The highest BCUT2D eigenvalue weighted by Gasteiger charge is 2.34. The number of rotatable bonds is 12. The molecule has 1 aliphatic carbocycles. The number of nitrogens with zero attached hydrogens (tertiary/aromatic N) is 2. The minimum Gasteiger partial charge on any atom is -0.497 e. The maximum atomic E-state index is 14.2.